The van der Waals surface area contributed by atoms with Crippen LogP contribution in [0.4, 0.5) is 34.1 Å². The van der Waals surface area contributed by atoms with E-state index < -0.39 is 0 Å². The molecule has 0 atom stereocenters. The zero-order valence-electron chi connectivity index (χ0n) is 44.1. The Hall–Kier alpha value is -8.32. The number of nitrogens with zero attached hydrogens (tertiary/aromatic N) is 2. The zero-order chi connectivity index (χ0) is 52.7. The minimum Gasteiger partial charge on any atom is -0.463 e. The third-order valence-electron chi connectivity index (χ3n) is 13.6. The lowest BCUT2D eigenvalue weighted by Crippen LogP contribution is -2.17. The van der Waals surface area contributed by atoms with E-state index >= 15 is 0 Å². The van der Waals surface area contributed by atoms with Gasteiger partial charge in [0.25, 0.3) is 0 Å². The lowest BCUT2D eigenvalue weighted by molar-refractivity contribution is 0.588. The molecule has 0 amide bonds. The quantitative estimate of drug-likeness (QED) is 0.137. The third-order valence-corrected chi connectivity index (χ3v) is 14.2. The molecular weight excluding hydrogens is 997 g/mol. The van der Waals surface area contributed by atoms with Gasteiger partial charge in [0.15, 0.2) is 0 Å². The second-order valence-corrected chi connectivity index (χ2v) is 22.1. The van der Waals surface area contributed by atoms with Crippen molar-refractivity contribution >= 4 is 83.0 Å². The van der Waals surface area contributed by atoms with Gasteiger partial charge in [-0.25, -0.2) is 0 Å². The molecule has 76 heavy (non-hydrogen) atoms. The van der Waals surface area contributed by atoms with Crippen LogP contribution in [0, 0.1) is 0 Å². The van der Waals surface area contributed by atoms with E-state index in [1.807, 2.05) is 73.2 Å². The van der Waals surface area contributed by atoms with E-state index in [-0.39, 0.29) is 10.8 Å². The Bertz CT molecular complexity index is 3610. The van der Waals surface area contributed by atoms with Gasteiger partial charge in [-0.05, 0) is 152 Å². The highest BCUT2D eigenvalue weighted by molar-refractivity contribution is 9.10. The van der Waals surface area contributed by atoms with Crippen LogP contribution in [0.3, 0.4) is 0 Å². The summed E-state index contributed by atoms with van der Waals surface area (Å²) in [6.07, 6.45) is 7.41. The van der Waals surface area contributed by atoms with Gasteiger partial charge < -0.3 is 23.1 Å². The molecule has 0 radical (unpaired) electrons. The first kappa shape index (κ1) is 51.2. The van der Waals surface area contributed by atoms with Crippen molar-refractivity contribution in [3.05, 3.63) is 287 Å². The molecule has 9 aromatic carbocycles. The van der Waals surface area contributed by atoms with Gasteiger partial charge >= 0.3 is 0 Å². The van der Waals surface area contributed by atoms with Crippen LogP contribution in [-0.2, 0) is 23.7 Å². The smallest absolute Gasteiger partial charge is 0.136 e. The van der Waals surface area contributed by atoms with Crippen LogP contribution in [0.15, 0.2) is 267 Å². The summed E-state index contributed by atoms with van der Waals surface area (Å²) in [5.41, 5.74) is 17.1. The van der Waals surface area contributed by atoms with Gasteiger partial charge in [0.2, 0.25) is 0 Å². The maximum atomic E-state index is 6.06. The van der Waals surface area contributed by atoms with E-state index in [2.05, 4.69) is 237 Å². The van der Waals surface area contributed by atoms with Crippen molar-refractivity contribution in [2.45, 2.75) is 65.2 Å². The van der Waals surface area contributed by atoms with Crippen LogP contribution in [0.1, 0.15) is 74.9 Å². The highest BCUT2D eigenvalue weighted by Gasteiger charge is 2.26. The predicted molar refractivity (Wildman–Crippen MR) is 322 cm³/mol. The summed E-state index contributed by atoms with van der Waals surface area (Å²) in [6.45, 7) is 13.7. The van der Waals surface area contributed by atoms with Crippen LogP contribution in [-0.4, -0.2) is 0 Å². The summed E-state index contributed by atoms with van der Waals surface area (Å²) in [5.74, 6) is 0. The third kappa shape index (κ3) is 11.9. The topological polar surface area (TPSA) is 45.9 Å². The van der Waals surface area contributed by atoms with E-state index in [1.165, 1.54) is 33.4 Å². The molecule has 12 rings (SSSR count). The predicted octanol–water partition coefficient (Wildman–Crippen LogP) is 20.8. The standard InChI is InChI=1S/C38H32N2O2.C24H26.C8H5BrO/c1-38(2,3)27-22-30(39(28-14-6-4-7-15-28)34-25-41-36-20-12-10-18-32(34)36)24-31(23-27)40(29-16-8-5-9-17-29)35-26-42-37-21-13-11-19-33(35)37;1-24(2,3)23-17-21(14-19-10-6-4-7-11-19)16-22(18-23)15-20-12-8-5-9-13-20;9-7-5-10-8-4-2-1-3-6(7)8/h4-26H,1-3H3;4-13,16-18H,14-15H2,1-3H3;1-5H. The Balaban J connectivity index is 0.000000161. The van der Waals surface area contributed by atoms with E-state index in [4.69, 9.17) is 13.3 Å². The number of anilines is 6. The Morgan fingerprint density at radius 2 is 0.671 bits per heavy atom. The van der Waals surface area contributed by atoms with Crippen molar-refractivity contribution in [3.63, 3.8) is 0 Å². The van der Waals surface area contributed by atoms with Gasteiger partial charge in [0, 0.05) is 38.9 Å². The Kier molecular flexibility index (Phi) is 15.3. The molecule has 5 nitrogen and oxygen atoms in total. The maximum absolute atomic E-state index is 6.06. The van der Waals surface area contributed by atoms with E-state index in [0.29, 0.717) is 0 Å². The Labute approximate surface area is 455 Å². The summed E-state index contributed by atoms with van der Waals surface area (Å²) in [5, 5.41) is 3.25. The SMILES string of the molecule is Brc1coc2ccccc12.CC(C)(C)c1cc(Cc2ccccc2)cc(Cc2ccccc2)c1.CC(C)(C)c1cc(N(c2ccccc2)c2coc3ccccc23)cc(N(c2ccccc2)c2coc3ccccc23)c1. The number of benzene rings is 9. The highest BCUT2D eigenvalue weighted by Crippen LogP contribution is 2.46. The van der Waals surface area contributed by atoms with Crippen molar-refractivity contribution in [3.8, 4) is 0 Å². The van der Waals surface area contributed by atoms with Crippen LogP contribution >= 0.6 is 15.9 Å². The average molecular weight is 1060 g/mol. The zero-order valence-corrected chi connectivity index (χ0v) is 45.7. The maximum Gasteiger partial charge on any atom is 0.136 e. The second kappa shape index (κ2) is 22.7. The highest BCUT2D eigenvalue weighted by atomic mass is 79.9. The molecule has 0 fully saturated rings. The molecule has 0 spiro atoms. The van der Waals surface area contributed by atoms with Gasteiger partial charge in [0.1, 0.15) is 35.5 Å². The lowest BCUT2D eigenvalue weighted by atomic mass is 9.83. The van der Waals surface area contributed by atoms with Gasteiger partial charge in [-0.2, -0.15) is 0 Å². The second-order valence-electron chi connectivity index (χ2n) is 21.3. The largest absolute Gasteiger partial charge is 0.463 e. The molecule has 378 valence electrons. The van der Waals surface area contributed by atoms with E-state index in [9.17, 15) is 0 Å². The van der Waals surface area contributed by atoms with Crippen LogP contribution in [0.25, 0.3) is 32.9 Å². The van der Waals surface area contributed by atoms with Crippen LogP contribution < -0.4 is 9.80 Å². The first-order chi connectivity index (χ1) is 36.9. The molecular formula is C70H63BrN2O3. The number of furan rings is 3. The van der Waals surface area contributed by atoms with Gasteiger partial charge in [0.05, 0.1) is 15.8 Å². The number of fused-ring (bicyclic) bond motifs is 3. The van der Waals surface area contributed by atoms with Crippen molar-refractivity contribution in [2.24, 2.45) is 0 Å². The van der Waals surface area contributed by atoms with Gasteiger partial charge in [-0.15, -0.1) is 0 Å². The fraction of sp³-hybridized carbons (Fsp3) is 0.143. The molecule has 3 aromatic heterocycles. The molecule has 0 saturated carbocycles. The first-order valence-electron chi connectivity index (χ1n) is 26.0. The van der Waals surface area contributed by atoms with E-state index in [1.54, 1.807) is 6.26 Å². The number of hydrogen-bond donors (Lipinski definition) is 0. The molecule has 0 unspecified atom stereocenters. The number of para-hydroxylation sites is 5. The summed E-state index contributed by atoms with van der Waals surface area (Å²) >= 11 is 3.37. The Morgan fingerprint density at radius 3 is 1.08 bits per heavy atom. The molecule has 0 aliphatic heterocycles. The molecule has 0 saturated heterocycles. The minimum atomic E-state index is -0.105. The fourth-order valence-electron chi connectivity index (χ4n) is 9.58. The molecule has 0 N–H and O–H groups in total. The first-order valence-corrected chi connectivity index (χ1v) is 26.8. The van der Waals surface area contributed by atoms with Gasteiger partial charge in [-0.3, -0.25) is 0 Å². The molecule has 3 heterocycles. The molecule has 0 aliphatic rings. The fourth-order valence-corrected chi connectivity index (χ4v) is 10.00. The number of hydrogen-bond acceptors (Lipinski definition) is 5. The van der Waals surface area contributed by atoms with Crippen molar-refractivity contribution in [1.29, 1.82) is 0 Å². The van der Waals surface area contributed by atoms with Crippen molar-refractivity contribution in [1.82, 2.24) is 0 Å². The molecule has 6 heteroatoms. The molecule has 0 aliphatic carbocycles. The van der Waals surface area contributed by atoms with Crippen LogP contribution in [0.5, 0.6) is 0 Å². The molecule has 0 bridgehead atoms. The van der Waals surface area contributed by atoms with Crippen LogP contribution in [0.2, 0.25) is 0 Å². The van der Waals surface area contributed by atoms with E-state index in [0.717, 1.165) is 84.3 Å². The average Bonchev–Trinajstić information content (AvgIpc) is 4.17. The summed E-state index contributed by atoms with van der Waals surface area (Å²) in [6, 6.07) is 80.7. The molecule has 12 aromatic rings. The van der Waals surface area contributed by atoms with Gasteiger partial charge in [-0.1, -0.05) is 193 Å². The summed E-state index contributed by atoms with van der Waals surface area (Å²) in [7, 11) is 0. The summed E-state index contributed by atoms with van der Waals surface area (Å²) < 4.78 is 18.3. The number of halogens is 1. The summed E-state index contributed by atoms with van der Waals surface area (Å²) in [4.78, 5) is 4.59. The number of rotatable bonds is 10. The normalized spacial score (nSPS) is 11.5. The van der Waals surface area contributed by atoms with Crippen molar-refractivity contribution in [2.75, 3.05) is 9.80 Å². The lowest BCUT2D eigenvalue weighted by Gasteiger charge is -2.31. The minimum absolute atomic E-state index is 0.105. The van der Waals surface area contributed by atoms with Crippen molar-refractivity contribution < 1.29 is 13.3 Å². The monoisotopic (exact) mass is 1060 g/mol. The Morgan fingerprint density at radius 1 is 0.329 bits per heavy atom.